The van der Waals surface area contributed by atoms with Gasteiger partial charge in [0.05, 0.1) is 12.5 Å². The molecule has 0 aliphatic carbocycles. The maximum Gasteiger partial charge on any atom is 0.407 e. The van der Waals surface area contributed by atoms with Gasteiger partial charge in [0.15, 0.2) is 0 Å². The van der Waals surface area contributed by atoms with Gasteiger partial charge in [-0.2, -0.15) is 0 Å². The van der Waals surface area contributed by atoms with E-state index in [4.69, 9.17) is 9.84 Å². The van der Waals surface area contributed by atoms with E-state index in [1.165, 1.54) is 4.90 Å². The second-order valence-electron chi connectivity index (χ2n) is 4.52. The van der Waals surface area contributed by atoms with Crippen LogP contribution in [0.1, 0.15) is 26.7 Å². The molecule has 0 unspecified atom stereocenters. The first kappa shape index (κ1) is 12.8. The Morgan fingerprint density at radius 3 is 2.75 bits per heavy atom. The molecular weight excluding hydrogens is 210 g/mol. The first-order chi connectivity index (χ1) is 7.50. The molecule has 16 heavy (non-hydrogen) atoms. The SMILES string of the molecule is CC(C)C(=O)OC[C@H]1CCCN(C(=O)O)C1. The molecule has 0 spiro atoms. The zero-order valence-electron chi connectivity index (χ0n) is 9.81. The molecule has 1 amide bonds. The van der Waals surface area contributed by atoms with Gasteiger partial charge in [-0.3, -0.25) is 4.79 Å². The van der Waals surface area contributed by atoms with Gasteiger partial charge < -0.3 is 14.7 Å². The number of piperidine rings is 1. The highest BCUT2D eigenvalue weighted by Gasteiger charge is 2.24. The van der Waals surface area contributed by atoms with Crippen molar-refractivity contribution in [2.75, 3.05) is 19.7 Å². The molecule has 0 aromatic carbocycles. The summed E-state index contributed by atoms with van der Waals surface area (Å²) in [6.45, 7) is 4.96. The number of rotatable bonds is 3. The molecule has 1 saturated heterocycles. The number of ether oxygens (including phenoxy) is 1. The smallest absolute Gasteiger partial charge is 0.407 e. The van der Waals surface area contributed by atoms with Gasteiger partial charge in [-0.05, 0) is 12.8 Å². The van der Waals surface area contributed by atoms with Crippen molar-refractivity contribution in [2.45, 2.75) is 26.7 Å². The maximum atomic E-state index is 11.2. The standard InChI is InChI=1S/C11H19NO4/c1-8(2)10(13)16-7-9-4-3-5-12(6-9)11(14)15/h8-9H,3-7H2,1-2H3,(H,14,15)/t9-/m0/s1. The number of amides is 1. The lowest BCUT2D eigenvalue weighted by atomic mass is 9.99. The van der Waals surface area contributed by atoms with E-state index in [1.54, 1.807) is 13.8 Å². The van der Waals surface area contributed by atoms with E-state index >= 15 is 0 Å². The normalized spacial score (nSPS) is 20.9. The van der Waals surface area contributed by atoms with Crippen LogP contribution in [0.3, 0.4) is 0 Å². The van der Waals surface area contributed by atoms with Crippen molar-refractivity contribution in [1.29, 1.82) is 0 Å². The summed E-state index contributed by atoms with van der Waals surface area (Å²) in [5.74, 6) is -0.195. The highest BCUT2D eigenvalue weighted by molar-refractivity contribution is 5.71. The quantitative estimate of drug-likeness (QED) is 0.746. The molecule has 0 radical (unpaired) electrons. The third-order valence-electron chi connectivity index (χ3n) is 2.72. The Labute approximate surface area is 95.4 Å². The van der Waals surface area contributed by atoms with Crippen LogP contribution < -0.4 is 0 Å². The summed E-state index contributed by atoms with van der Waals surface area (Å²) in [7, 11) is 0. The first-order valence-corrected chi connectivity index (χ1v) is 5.65. The molecule has 1 heterocycles. The molecule has 0 bridgehead atoms. The van der Waals surface area contributed by atoms with Gasteiger partial charge in [0.1, 0.15) is 0 Å². The van der Waals surface area contributed by atoms with Crippen molar-refractivity contribution >= 4 is 12.1 Å². The Hall–Kier alpha value is -1.26. The molecule has 5 heteroatoms. The molecule has 0 saturated carbocycles. The van der Waals surface area contributed by atoms with E-state index in [0.29, 0.717) is 19.7 Å². The number of likely N-dealkylation sites (tertiary alicyclic amines) is 1. The lowest BCUT2D eigenvalue weighted by molar-refractivity contribution is -0.149. The topological polar surface area (TPSA) is 66.8 Å². The van der Waals surface area contributed by atoms with Gasteiger partial charge in [-0.25, -0.2) is 4.79 Å². The number of nitrogens with zero attached hydrogens (tertiary/aromatic N) is 1. The Bertz CT molecular complexity index is 265. The summed E-state index contributed by atoms with van der Waals surface area (Å²) in [5.41, 5.74) is 0. The molecule has 0 aromatic rings. The molecule has 1 aliphatic heterocycles. The maximum absolute atomic E-state index is 11.2. The van der Waals surface area contributed by atoms with Crippen molar-refractivity contribution in [3.63, 3.8) is 0 Å². The summed E-state index contributed by atoms with van der Waals surface area (Å²) in [6.07, 6.45) is 0.880. The zero-order chi connectivity index (χ0) is 12.1. The largest absolute Gasteiger partial charge is 0.465 e. The Balaban J connectivity index is 2.32. The lowest BCUT2D eigenvalue weighted by Gasteiger charge is -2.30. The Morgan fingerprint density at radius 1 is 1.50 bits per heavy atom. The number of esters is 1. The number of carbonyl (C=O) groups excluding carboxylic acids is 1. The fourth-order valence-corrected chi connectivity index (χ4v) is 1.74. The van der Waals surface area contributed by atoms with E-state index in [9.17, 15) is 9.59 Å². The van der Waals surface area contributed by atoms with Gasteiger partial charge in [0.25, 0.3) is 0 Å². The first-order valence-electron chi connectivity index (χ1n) is 5.65. The van der Waals surface area contributed by atoms with E-state index in [1.807, 2.05) is 0 Å². The van der Waals surface area contributed by atoms with Crippen LogP contribution >= 0.6 is 0 Å². The summed E-state index contributed by atoms with van der Waals surface area (Å²) < 4.78 is 5.11. The Morgan fingerprint density at radius 2 is 2.19 bits per heavy atom. The predicted octanol–water partition coefficient (Wildman–Crippen LogP) is 1.58. The molecule has 1 atom stereocenters. The minimum Gasteiger partial charge on any atom is -0.465 e. The molecule has 1 N–H and O–H groups in total. The van der Waals surface area contributed by atoms with E-state index in [2.05, 4.69) is 0 Å². The molecule has 1 rings (SSSR count). The summed E-state index contributed by atoms with van der Waals surface area (Å²) in [4.78, 5) is 23.4. The lowest BCUT2D eigenvalue weighted by Crippen LogP contribution is -2.40. The number of hydrogen-bond donors (Lipinski definition) is 1. The average Bonchev–Trinajstić information content (AvgIpc) is 2.26. The Kier molecular flexibility index (Phi) is 4.58. The molecule has 5 nitrogen and oxygen atoms in total. The van der Waals surface area contributed by atoms with E-state index in [-0.39, 0.29) is 17.8 Å². The van der Waals surface area contributed by atoms with Crippen LogP contribution in [0.5, 0.6) is 0 Å². The zero-order valence-corrected chi connectivity index (χ0v) is 9.81. The van der Waals surface area contributed by atoms with Crippen LogP contribution in [0.4, 0.5) is 4.79 Å². The van der Waals surface area contributed by atoms with Crippen LogP contribution in [0, 0.1) is 11.8 Å². The number of carboxylic acid groups (broad SMARTS) is 1. The van der Waals surface area contributed by atoms with Gasteiger partial charge in [0.2, 0.25) is 0 Å². The second-order valence-corrected chi connectivity index (χ2v) is 4.52. The average molecular weight is 229 g/mol. The van der Waals surface area contributed by atoms with Crippen LogP contribution in [0.25, 0.3) is 0 Å². The van der Waals surface area contributed by atoms with Crippen molar-refractivity contribution in [2.24, 2.45) is 11.8 Å². The van der Waals surface area contributed by atoms with Crippen LogP contribution in [-0.2, 0) is 9.53 Å². The van der Waals surface area contributed by atoms with Crippen molar-refractivity contribution in [3.8, 4) is 0 Å². The predicted molar refractivity (Wildman–Crippen MR) is 58.1 cm³/mol. The molecule has 0 aromatic heterocycles. The van der Waals surface area contributed by atoms with E-state index in [0.717, 1.165) is 12.8 Å². The van der Waals surface area contributed by atoms with Gasteiger partial charge in [-0.1, -0.05) is 13.8 Å². The number of carbonyl (C=O) groups is 2. The minimum atomic E-state index is -0.889. The summed E-state index contributed by atoms with van der Waals surface area (Å²) in [5, 5.41) is 8.84. The van der Waals surface area contributed by atoms with Crippen LogP contribution in [0.15, 0.2) is 0 Å². The van der Waals surface area contributed by atoms with Crippen LogP contribution in [0.2, 0.25) is 0 Å². The summed E-state index contributed by atoms with van der Waals surface area (Å²) >= 11 is 0. The van der Waals surface area contributed by atoms with Crippen molar-refractivity contribution in [3.05, 3.63) is 0 Å². The molecule has 92 valence electrons. The highest BCUT2D eigenvalue weighted by Crippen LogP contribution is 2.17. The van der Waals surface area contributed by atoms with Crippen molar-refractivity contribution < 1.29 is 19.4 Å². The number of hydrogen-bond acceptors (Lipinski definition) is 3. The monoisotopic (exact) mass is 229 g/mol. The third-order valence-corrected chi connectivity index (χ3v) is 2.72. The van der Waals surface area contributed by atoms with Crippen molar-refractivity contribution in [1.82, 2.24) is 4.90 Å². The fraction of sp³-hybridized carbons (Fsp3) is 0.818. The minimum absolute atomic E-state index is 0.126. The summed E-state index contributed by atoms with van der Waals surface area (Å²) in [6, 6.07) is 0. The highest BCUT2D eigenvalue weighted by atomic mass is 16.5. The van der Waals surface area contributed by atoms with Gasteiger partial charge >= 0.3 is 12.1 Å². The molecular formula is C11H19NO4. The van der Waals surface area contributed by atoms with Gasteiger partial charge in [-0.15, -0.1) is 0 Å². The fourth-order valence-electron chi connectivity index (χ4n) is 1.74. The second kappa shape index (κ2) is 5.72. The third kappa shape index (κ3) is 3.72. The molecule has 1 aliphatic rings. The molecule has 1 fully saturated rings. The van der Waals surface area contributed by atoms with E-state index < -0.39 is 6.09 Å². The van der Waals surface area contributed by atoms with Gasteiger partial charge in [0, 0.05) is 19.0 Å². The van der Waals surface area contributed by atoms with Crippen LogP contribution in [-0.4, -0.2) is 41.8 Å².